The van der Waals surface area contributed by atoms with Gasteiger partial charge in [0.1, 0.15) is 5.76 Å². The Hall–Kier alpha value is -0.830. The van der Waals surface area contributed by atoms with Crippen molar-refractivity contribution in [3.63, 3.8) is 0 Å². The van der Waals surface area contributed by atoms with Gasteiger partial charge in [0, 0.05) is 5.41 Å². The molecule has 0 amide bonds. The van der Waals surface area contributed by atoms with Crippen molar-refractivity contribution in [2.45, 2.75) is 71.3 Å². The number of nitrogens with zero attached hydrogens (tertiary/aromatic N) is 1. The zero-order valence-electron chi connectivity index (χ0n) is 13.7. The van der Waals surface area contributed by atoms with Crippen LogP contribution in [0.3, 0.4) is 0 Å². The molecule has 4 aliphatic carbocycles. The second-order valence-electron chi connectivity index (χ2n) is 8.81. The third kappa shape index (κ3) is 2.16. The van der Waals surface area contributed by atoms with E-state index in [0.717, 1.165) is 24.9 Å². The molecule has 0 radical (unpaired) electrons. The maximum atomic E-state index is 6.19. The maximum Gasteiger partial charge on any atom is 0.208 e. The Morgan fingerprint density at radius 1 is 1.19 bits per heavy atom. The van der Waals surface area contributed by atoms with Crippen molar-refractivity contribution in [3.8, 4) is 0 Å². The number of hydrogen-bond acceptors (Lipinski definition) is 3. The maximum absolute atomic E-state index is 6.19. The number of aromatic nitrogens is 1. The summed E-state index contributed by atoms with van der Waals surface area (Å²) in [5, 5.41) is 3.31. The van der Waals surface area contributed by atoms with Gasteiger partial charge in [0.15, 0.2) is 0 Å². The highest BCUT2D eigenvalue weighted by atomic mass is 16.4. The van der Waals surface area contributed by atoms with Crippen molar-refractivity contribution in [3.05, 3.63) is 17.8 Å². The molecule has 4 bridgehead atoms. The molecule has 2 unspecified atom stereocenters. The van der Waals surface area contributed by atoms with E-state index >= 15 is 0 Å². The van der Waals surface area contributed by atoms with Crippen LogP contribution in [0.4, 0.5) is 0 Å². The molecule has 1 aromatic rings. The van der Waals surface area contributed by atoms with Crippen LogP contribution >= 0.6 is 0 Å². The highest BCUT2D eigenvalue weighted by molar-refractivity contribution is 5.23. The first kappa shape index (κ1) is 13.8. The van der Waals surface area contributed by atoms with Crippen molar-refractivity contribution in [1.82, 2.24) is 10.3 Å². The van der Waals surface area contributed by atoms with Crippen molar-refractivity contribution in [2.24, 2.45) is 16.7 Å². The average Bonchev–Trinajstić information content (AvgIpc) is 2.81. The SMILES string of the molecule is CCNCc1ncc(C23CC4CC(C)(CC(C)(C4)C2)C3)o1. The van der Waals surface area contributed by atoms with Gasteiger partial charge in [0.2, 0.25) is 5.89 Å². The fourth-order valence-corrected chi connectivity index (χ4v) is 6.59. The van der Waals surface area contributed by atoms with Gasteiger partial charge < -0.3 is 9.73 Å². The summed E-state index contributed by atoms with van der Waals surface area (Å²) in [6.07, 6.45) is 10.3. The summed E-state index contributed by atoms with van der Waals surface area (Å²) in [6, 6.07) is 0. The minimum Gasteiger partial charge on any atom is -0.444 e. The molecule has 4 fully saturated rings. The summed E-state index contributed by atoms with van der Waals surface area (Å²) in [5.41, 5.74) is 1.34. The quantitative estimate of drug-likeness (QED) is 0.909. The van der Waals surface area contributed by atoms with E-state index in [1.54, 1.807) is 0 Å². The molecular formula is C18H28N2O. The normalized spacial score (nSPS) is 44.4. The molecule has 116 valence electrons. The van der Waals surface area contributed by atoms with Crippen LogP contribution in [-0.4, -0.2) is 11.5 Å². The molecule has 0 aliphatic heterocycles. The zero-order valence-corrected chi connectivity index (χ0v) is 13.7. The molecule has 0 saturated heterocycles. The third-order valence-corrected chi connectivity index (χ3v) is 6.23. The molecule has 0 spiro atoms. The highest BCUT2D eigenvalue weighted by Crippen LogP contribution is 2.69. The molecule has 2 atom stereocenters. The average molecular weight is 288 g/mol. The second kappa shape index (κ2) is 4.34. The molecule has 4 saturated carbocycles. The Morgan fingerprint density at radius 3 is 2.52 bits per heavy atom. The summed E-state index contributed by atoms with van der Waals surface area (Å²) in [7, 11) is 0. The highest BCUT2D eigenvalue weighted by Gasteiger charge is 2.61. The van der Waals surface area contributed by atoms with Gasteiger partial charge in [-0.25, -0.2) is 4.98 Å². The van der Waals surface area contributed by atoms with Crippen LogP contribution in [0.15, 0.2) is 10.6 Å². The molecule has 4 aliphatic rings. The lowest BCUT2D eigenvalue weighted by atomic mass is 9.40. The second-order valence-corrected chi connectivity index (χ2v) is 8.81. The Labute approximate surface area is 127 Å². The van der Waals surface area contributed by atoms with Gasteiger partial charge in [-0.15, -0.1) is 0 Å². The minimum atomic E-state index is 0.278. The van der Waals surface area contributed by atoms with Crippen molar-refractivity contribution >= 4 is 0 Å². The Balaban J connectivity index is 1.66. The van der Waals surface area contributed by atoms with Crippen molar-refractivity contribution in [2.75, 3.05) is 6.54 Å². The Kier molecular flexibility index (Phi) is 2.86. The first-order chi connectivity index (χ1) is 9.94. The minimum absolute atomic E-state index is 0.278. The van der Waals surface area contributed by atoms with Gasteiger partial charge in [-0.1, -0.05) is 20.8 Å². The number of hydrogen-bond donors (Lipinski definition) is 1. The van der Waals surface area contributed by atoms with Gasteiger partial charge in [-0.3, -0.25) is 0 Å². The summed E-state index contributed by atoms with van der Waals surface area (Å²) >= 11 is 0. The molecule has 1 heterocycles. The standard InChI is InChI=1S/C18H28N2O/c1-4-19-9-15-20-8-14(21-15)18-7-13-5-16(2,11-18)10-17(3,6-13)12-18/h8,13,19H,4-7,9-12H2,1-3H3. The smallest absolute Gasteiger partial charge is 0.208 e. The Morgan fingerprint density at radius 2 is 1.90 bits per heavy atom. The monoisotopic (exact) mass is 288 g/mol. The molecule has 5 rings (SSSR count). The topological polar surface area (TPSA) is 38.1 Å². The van der Waals surface area contributed by atoms with E-state index in [0.29, 0.717) is 10.8 Å². The lowest BCUT2D eigenvalue weighted by Gasteiger charge is -2.64. The molecule has 3 nitrogen and oxygen atoms in total. The number of oxazole rings is 1. The van der Waals surface area contributed by atoms with E-state index < -0.39 is 0 Å². The van der Waals surface area contributed by atoms with Crippen molar-refractivity contribution < 1.29 is 4.42 Å². The van der Waals surface area contributed by atoms with E-state index in [1.807, 2.05) is 6.20 Å². The Bertz CT molecular complexity index is 531. The lowest BCUT2D eigenvalue weighted by molar-refractivity contribution is -0.116. The fraction of sp³-hybridized carbons (Fsp3) is 0.833. The van der Waals surface area contributed by atoms with Gasteiger partial charge in [-0.05, 0) is 61.8 Å². The van der Waals surface area contributed by atoms with Crippen LogP contribution in [0.1, 0.15) is 70.9 Å². The lowest BCUT2D eigenvalue weighted by Crippen LogP contribution is -2.56. The predicted molar refractivity (Wildman–Crippen MR) is 83.0 cm³/mol. The van der Waals surface area contributed by atoms with Gasteiger partial charge in [-0.2, -0.15) is 0 Å². The zero-order chi connectivity index (χ0) is 14.7. The number of nitrogens with one attached hydrogen (secondary N) is 1. The van der Waals surface area contributed by atoms with E-state index in [2.05, 4.69) is 31.1 Å². The van der Waals surface area contributed by atoms with Crippen LogP contribution < -0.4 is 5.32 Å². The van der Waals surface area contributed by atoms with Crippen LogP contribution in [0.25, 0.3) is 0 Å². The van der Waals surface area contributed by atoms with Crippen molar-refractivity contribution in [1.29, 1.82) is 0 Å². The molecule has 3 heteroatoms. The first-order valence-corrected chi connectivity index (χ1v) is 8.60. The molecule has 0 aromatic carbocycles. The van der Waals surface area contributed by atoms with Crippen LogP contribution in [0, 0.1) is 16.7 Å². The molecule has 1 aromatic heterocycles. The predicted octanol–water partition coefficient (Wildman–Crippen LogP) is 4.03. The molecular weight excluding hydrogens is 260 g/mol. The van der Waals surface area contributed by atoms with E-state index in [1.165, 1.54) is 44.3 Å². The number of rotatable bonds is 4. The largest absolute Gasteiger partial charge is 0.444 e. The van der Waals surface area contributed by atoms with Gasteiger partial charge >= 0.3 is 0 Å². The van der Waals surface area contributed by atoms with Gasteiger partial charge in [0.25, 0.3) is 0 Å². The summed E-state index contributed by atoms with van der Waals surface area (Å²) in [5.74, 6) is 2.94. The van der Waals surface area contributed by atoms with E-state index in [9.17, 15) is 0 Å². The summed E-state index contributed by atoms with van der Waals surface area (Å²) < 4.78 is 6.19. The fourth-order valence-electron chi connectivity index (χ4n) is 6.59. The van der Waals surface area contributed by atoms with E-state index in [4.69, 9.17) is 4.42 Å². The summed E-state index contributed by atoms with van der Waals surface area (Å²) in [6.45, 7) is 8.86. The first-order valence-electron chi connectivity index (χ1n) is 8.60. The molecule has 1 N–H and O–H groups in total. The molecule has 21 heavy (non-hydrogen) atoms. The third-order valence-electron chi connectivity index (χ3n) is 6.23. The van der Waals surface area contributed by atoms with Crippen LogP contribution in [0.2, 0.25) is 0 Å². The van der Waals surface area contributed by atoms with Crippen LogP contribution in [-0.2, 0) is 12.0 Å². The summed E-state index contributed by atoms with van der Waals surface area (Å²) in [4.78, 5) is 4.53. The van der Waals surface area contributed by atoms with Crippen LogP contribution in [0.5, 0.6) is 0 Å². The van der Waals surface area contributed by atoms with Gasteiger partial charge in [0.05, 0.1) is 12.7 Å². The van der Waals surface area contributed by atoms with E-state index in [-0.39, 0.29) is 5.41 Å².